The second-order valence-electron chi connectivity index (χ2n) is 6.24. The van der Waals surface area contributed by atoms with Crippen molar-refractivity contribution < 1.29 is 4.39 Å². The van der Waals surface area contributed by atoms with Gasteiger partial charge in [-0.05, 0) is 49.1 Å². The summed E-state index contributed by atoms with van der Waals surface area (Å²) in [4.78, 5) is 15.8. The first kappa shape index (κ1) is 18.4. The Hall–Kier alpha value is -3.35. The first-order chi connectivity index (χ1) is 12.9. The number of rotatable bonds is 4. The molecule has 3 rings (SSSR count). The summed E-state index contributed by atoms with van der Waals surface area (Å²) in [7, 11) is 1.72. The molecule has 1 unspecified atom stereocenters. The van der Waals surface area contributed by atoms with Crippen LogP contribution < -0.4 is 5.56 Å². The topological polar surface area (TPSA) is 62.3 Å². The van der Waals surface area contributed by atoms with Crippen LogP contribution in [-0.4, -0.2) is 15.8 Å². The number of hydrogen-bond acceptors (Lipinski definition) is 5. The standard InChI is InChI=1S/C20H20FN5O/c1-5-9-22-19(21)14(3)26-13(2)11-18(23-24-26)16-6-7-17-15(12-16)8-10-25(4)20(17)27/h5-12,18H,1H2,2-4H3/b19-14+,22-9-. The van der Waals surface area contributed by atoms with Gasteiger partial charge in [0.1, 0.15) is 6.04 Å². The Labute approximate surface area is 156 Å². The van der Waals surface area contributed by atoms with Gasteiger partial charge in [0, 0.05) is 30.5 Å². The molecule has 0 spiro atoms. The lowest BCUT2D eigenvalue weighted by Gasteiger charge is -2.24. The van der Waals surface area contributed by atoms with Crippen molar-refractivity contribution in [2.24, 2.45) is 22.4 Å². The summed E-state index contributed by atoms with van der Waals surface area (Å²) in [6, 6.07) is 7.18. The van der Waals surface area contributed by atoms with Gasteiger partial charge >= 0.3 is 0 Å². The summed E-state index contributed by atoms with van der Waals surface area (Å²) in [5, 5.41) is 11.3. The fourth-order valence-electron chi connectivity index (χ4n) is 2.85. The maximum atomic E-state index is 14.0. The van der Waals surface area contributed by atoms with Crippen molar-refractivity contribution in [1.82, 2.24) is 9.58 Å². The fourth-order valence-corrected chi connectivity index (χ4v) is 2.85. The Morgan fingerprint density at radius 3 is 2.85 bits per heavy atom. The largest absolute Gasteiger partial charge is 0.318 e. The van der Waals surface area contributed by atoms with E-state index in [1.165, 1.54) is 17.3 Å². The van der Waals surface area contributed by atoms with Gasteiger partial charge in [0.15, 0.2) is 0 Å². The minimum absolute atomic E-state index is 0.0430. The molecule has 0 radical (unpaired) electrons. The lowest BCUT2D eigenvalue weighted by molar-refractivity contribution is 0.371. The van der Waals surface area contributed by atoms with Gasteiger partial charge in [0.05, 0.1) is 5.70 Å². The zero-order valence-corrected chi connectivity index (χ0v) is 15.4. The molecule has 0 aliphatic carbocycles. The number of aromatic nitrogens is 1. The predicted molar refractivity (Wildman–Crippen MR) is 105 cm³/mol. The SMILES string of the molecule is C=C/C=N\C(F)=C(/C)N1N=NC(c2ccc3c(=O)n(C)ccc3c2)C=C1C. The highest BCUT2D eigenvalue weighted by Crippen LogP contribution is 2.31. The Kier molecular flexibility index (Phi) is 5.12. The molecule has 1 aromatic carbocycles. The highest BCUT2D eigenvalue weighted by atomic mass is 19.1. The molecule has 1 aliphatic heterocycles. The van der Waals surface area contributed by atoms with Crippen molar-refractivity contribution in [1.29, 1.82) is 0 Å². The molecule has 0 saturated carbocycles. The highest BCUT2D eigenvalue weighted by molar-refractivity contribution is 5.82. The third-order valence-electron chi connectivity index (χ3n) is 4.35. The van der Waals surface area contributed by atoms with Crippen LogP contribution in [0.1, 0.15) is 25.5 Å². The van der Waals surface area contributed by atoms with E-state index in [1.54, 1.807) is 30.8 Å². The fraction of sp³-hybridized carbons (Fsp3) is 0.200. The van der Waals surface area contributed by atoms with Crippen LogP contribution in [0.4, 0.5) is 4.39 Å². The van der Waals surface area contributed by atoms with Crippen molar-refractivity contribution in [2.75, 3.05) is 0 Å². The minimum Gasteiger partial charge on any atom is -0.318 e. The maximum absolute atomic E-state index is 14.0. The van der Waals surface area contributed by atoms with E-state index in [2.05, 4.69) is 21.9 Å². The van der Waals surface area contributed by atoms with Crippen LogP contribution in [0, 0.1) is 0 Å². The zero-order valence-electron chi connectivity index (χ0n) is 15.4. The number of nitrogens with zero attached hydrogens (tertiary/aromatic N) is 5. The molecule has 7 heteroatoms. The summed E-state index contributed by atoms with van der Waals surface area (Å²) < 4.78 is 15.6. The van der Waals surface area contributed by atoms with Gasteiger partial charge in [-0.2, -0.15) is 9.50 Å². The number of aliphatic imine (C=N–C) groups is 1. The molecular formula is C20H20FN5O. The van der Waals surface area contributed by atoms with E-state index in [-0.39, 0.29) is 17.3 Å². The molecule has 27 heavy (non-hydrogen) atoms. The van der Waals surface area contributed by atoms with E-state index in [9.17, 15) is 9.18 Å². The molecule has 0 bridgehead atoms. The van der Waals surface area contributed by atoms with Crippen LogP contribution in [-0.2, 0) is 7.05 Å². The molecule has 0 amide bonds. The second kappa shape index (κ2) is 7.49. The van der Waals surface area contributed by atoms with E-state index >= 15 is 0 Å². The smallest absolute Gasteiger partial charge is 0.258 e. The second-order valence-corrected chi connectivity index (χ2v) is 6.24. The number of benzene rings is 1. The molecule has 0 saturated heterocycles. The van der Waals surface area contributed by atoms with E-state index in [4.69, 9.17) is 0 Å². The quantitative estimate of drug-likeness (QED) is 0.588. The van der Waals surface area contributed by atoms with Crippen LogP contribution in [0.25, 0.3) is 10.8 Å². The number of allylic oxidation sites excluding steroid dienone is 3. The van der Waals surface area contributed by atoms with Gasteiger partial charge in [0.2, 0.25) is 5.95 Å². The van der Waals surface area contributed by atoms with Gasteiger partial charge in [0.25, 0.3) is 5.56 Å². The summed E-state index contributed by atoms with van der Waals surface area (Å²) >= 11 is 0. The zero-order chi connectivity index (χ0) is 19.6. The molecule has 1 atom stereocenters. The van der Waals surface area contributed by atoms with Crippen LogP contribution in [0.3, 0.4) is 0 Å². The van der Waals surface area contributed by atoms with Crippen molar-refractivity contribution >= 4 is 17.0 Å². The molecule has 6 nitrogen and oxygen atoms in total. The highest BCUT2D eigenvalue weighted by Gasteiger charge is 2.20. The summed E-state index contributed by atoms with van der Waals surface area (Å²) in [6.07, 6.45) is 6.31. The molecule has 0 N–H and O–H groups in total. The Morgan fingerprint density at radius 1 is 1.37 bits per heavy atom. The van der Waals surface area contributed by atoms with Gasteiger partial charge < -0.3 is 4.57 Å². The summed E-state index contributed by atoms with van der Waals surface area (Å²) in [5.74, 6) is -0.651. The van der Waals surface area contributed by atoms with Crippen molar-refractivity contribution in [3.05, 3.63) is 82.5 Å². The summed E-state index contributed by atoms with van der Waals surface area (Å²) in [5.41, 5.74) is 1.84. The van der Waals surface area contributed by atoms with Crippen molar-refractivity contribution in [3.8, 4) is 0 Å². The lowest BCUT2D eigenvalue weighted by atomic mass is 10.0. The van der Waals surface area contributed by atoms with E-state index < -0.39 is 5.95 Å². The van der Waals surface area contributed by atoms with Gasteiger partial charge in [-0.1, -0.05) is 23.9 Å². The van der Waals surface area contributed by atoms with Crippen LogP contribution in [0.15, 0.2) is 86.7 Å². The molecular weight excluding hydrogens is 345 g/mol. The van der Waals surface area contributed by atoms with Crippen LogP contribution in [0.2, 0.25) is 0 Å². The van der Waals surface area contributed by atoms with Gasteiger partial charge in [-0.3, -0.25) is 4.79 Å². The Morgan fingerprint density at radius 2 is 2.15 bits per heavy atom. The maximum Gasteiger partial charge on any atom is 0.258 e. The van der Waals surface area contributed by atoms with Crippen LogP contribution >= 0.6 is 0 Å². The molecule has 1 aromatic heterocycles. The Balaban J connectivity index is 1.92. The molecule has 0 fully saturated rings. The first-order valence-corrected chi connectivity index (χ1v) is 8.42. The van der Waals surface area contributed by atoms with E-state index in [0.717, 1.165) is 16.6 Å². The normalized spacial score (nSPS) is 18.0. The average molecular weight is 365 g/mol. The summed E-state index contributed by atoms with van der Waals surface area (Å²) in [6.45, 7) is 6.88. The molecule has 138 valence electrons. The number of pyridine rings is 1. The van der Waals surface area contributed by atoms with Gasteiger partial charge in [-0.15, -0.1) is 0 Å². The number of halogens is 1. The number of fused-ring (bicyclic) bond motifs is 1. The first-order valence-electron chi connectivity index (χ1n) is 8.42. The van der Waals surface area contributed by atoms with Crippen LogP contribution in [0.5, 0.6) is 0 Å². The van der Waals surface area contributed by atoms with Crippen molar-refractivity contribution in [2.45, 2.75) is 19.9 Å². The predicted octanol–water partition coefficient (Wildman–Crippen LogP) is 4.58. The van der Waals surface area contributed by atoms with E-state index in [0.29, 0.717) is 5.39 Å². The third kappa shape index (κ3) is 3.62. The van der Waals surface area contributed by atoms with Gasteiger partial charge in [-0.25, -0.2) is 10.0 Å². The molecule has 2 aromatic rings. The molecule has 1 aliphatic rings. The number of hydrogen-bond donors (Lipinski definition) is 0. The lowest BCUT2D eigenvalue weighted by Crippen LogP contribution is -2.18. The Bertz CT molecular complexity index is 1080. The minimum atomic E-state index is -0.651. The average Bonchev–Trinajstić information content (AvgIpc) is 2.68. The third-order valence-corrected chi connectivity index (χ3v) is 4.35. The number of aryl methyl sites for hydroxylation is 1. The molecule has 2 heterocycles. The van der Waals surface area contributed by atoms with Crippen molar-refractivity contribution in [3.63, 3.8) is 0 Å². The monoisotopic (exact) mass is 365 g/mol. The van der Waals surface area contributed by atoms with E-state index in [1.807, 2.05) is 31.2 Å².